The maximum Gasteiger partial charge on any atom is 0.0766 e. The Morgan fingerprint density at radius 2 is 1.82 bits per heavy atom. The minimum atomic E-state index is 0.00745. The molecule has 0 radical (unpaired) electrons. The van der Waals surface area contributed by atoms with Crippen molar-refractivity contribution < 1.29 is 0 Å². The van der Waals surface area contributed by atoms with Gasteiger partial charge in [-0.3, -0.25) is 0 Å². The van der Waals surface area contributed by atoms with E-state index in [-0.39, 0.29) is 11.3 Å². The highest BCUT2D eigenvalue weighted by molar-refractivity contribution is 5.30. The van der Waals surface area contributed by atoms with Crippen molar-refractivity contribution in [3.8, 4) is 6.07 Å². The Labute approximate surface area is 105 Å². The molecule has 0 aliphatic carbocycles. The molecule has 0 saturated heterocycles. The molecule has 0 amide bonds. The Morgan fingerprint density at radius 3 is 2.24 bits per heavy atom. The first-order valence-corrected chi connectivity index (χ1v) is 6.53. The van der Waals surface area contributed by atoms with E-state index in [1.165, 1.54) is 5.56 Å². The summed E-state index contributed by atoms with van der Waals surface area (Å²) >= 11 is 0. The van der Waals surface area contributed by atoms with Crippen LogP contribution in [0.4, 0.5) is 0 Å². The smallest absolute Gasteiger partial charge is 0.0766 e. The molecule has 1 aromatic rings. The molecule has 1 heteroatoms. The van der Waals surface area contributed by atoms with Gasteiger partial charge in [0.1, 0.15) is 0 Å². The van der Waals surface area contributed by atoms with Crippen LogP contribution in [0.2, 0.25) is 0 Å². The van der Waals surface area contributed by atoms with Gasteiger partial charge in [-0.1, -0.05) is 57.0 Å². The van der Waals surface area contributed by atoms with Crippen molar-refractivity contribution >= 4 is 0 Å². The lowest BCUT2D eigenvalue weighted by Gasteiger charge is -2.33. The van der Waals surface area contributed by atoms with Crippen LogP contribution >= 0.6 is 0 Å². The van der Waals surface area contributed by atoms with Gasteiger partial charge in [-0.2, -0.15) is 5.26 Å². The molecule has 2 atom stereocenters. The van der Waals surface area contributed by atoms with Gasteiger partial charge in [-0.05, 0) is 30.7 Å². The van der Waals surface area contributed by atoms with E-state index in [4.69, 9.17) is 0 Å². The molecule has 1 aromatic carbocycles. The number of hydrogen-bond acceptors (Lipinski definition) is 1. The summed E-state index contributed by atoms with van der Waals surface area (Å²) in [5.41, 5.74) is 2.51. The minimum Gasteiger partial charge on any atom is -0.198 e. The molecule has 0 fully saturated rings. The third kappa shape index (κ3) is 3.09. The van der Waals surface area contributed by atoms with Crippen molar-refractivity contribution in [2.24, 2.45) is 5.41 Å². The van der Waals surface area contributed by atoms with Crippen LogP contribution in [0, 0.1) is 23.7 Å². The second-order valence-corrected chi connectivity index (χ2v) is 5.23. The molecule has 1 rings (SSSR count). The molecule has 0 N–H and O–H groups in total. The first kappa shape index (κ1) is 13.8. The SMILES string of the molecule is CCCC(C)(CC)C(C#N)c1ccc(C)cc1. The average molecular weight is 229 g/mol. The third-order valence-electron chi connectivity index (χ3n) is 3.87. The van der Waals surface area contributed by atoms with E-state index in [1.54, 1.807) is 0 Å². The van der Waals surface area contributed by atoms with Crippen molar-refractivity contribution in [2.45, 2.75) is 52.9 Å². The summed E-state index contributed by atoms with van der Waals surface area (Å²) in [7, 11) is 0. The van der Waals surface area contributed by atoms with Crippen molar-refractivity contribution in [2.75, 3.05) is 0 Å². The van der Waals surface area contributed by atoms with Crippen LogP contribution in [0.15, 0.2) is 24.3 Å². The molecule has 0 saturated carbocycles. The van der Waals surface area contributed by atoms with E-state index in [0.29, 0.717) is 0 Å². The zero-order chi connectivity index (χ0) is 12.9. The number of aryl methyl sites for hydroxylation is 1. The lowest BCUT2D eigenvalue weighted by molar-refractivity contribution is 0.253. The largest absolute Gasteiger partial charge is 0.198 e. The molecule has 1 nitrogen and oxygen atoms in total. The summed E-state index contributed by atoms with van der Waals surface area (Å²) in [6, 6.07) is 10.9. The van der Waals surface area contributed by atoms with Crippen molar-refractivity contribution in [3.05, 3.63) is 35.4 Å². The highest BCUT2D eigenvalue weighted by Gasteiger charge is 2.32. The Kier molecular flexibility index (Phi) is 4.75. The fourth-order valence-corrected chi connectivity index (χ4v) is 2.49. The van der Waals surface area contributed by atoms with E-state index in [2.05, 4.69) is 58.0 Å². The molecule has 0 aliphatic heterocycles. The number of nitrogens with zero attached hydrogens (tertiary/aromatic N) is 1. The normalized spacial score (nSPS) is 15.9. The molecule has 2 unspecified atom stereocenters. The van der Waals surface area contributed by atoms with Crippen LogP contribution in [0.25, 0.3) is 0 Å². The molecule has 17 heavy (non-hydrogen) atoms. The second-order valence-electron chi connectivity index (χ2n) is 5.23. The van der Waals surface area contributed by atoms with Crippen LogP contribution in [0.1, 0.15) is 57.1 Å². The minimum absolute atomic E-state index is 0.00745. The number of benzene rings is 1. The van der Waals surface area contributed by atoms with E-state index in [0.717, 1.165) is 24.8 Å². The van der Waals surface area contributed by atoms with Crippen molar-refractivity contribution in [1.29, 1.82) is 5.26 Å². The van der Waals surface area contributed by atoms with Crippen LogP contribution < -0.4 is 0 Å². The predicted molar refractivity (Wildman–Crippen MR) is 72.8 cm³/mol. The first-order chi connectivity index (χ1) is 8.07. The number of hydrogen-bond donors (Lipinski definition) is 0. The van der Waals surface area contributed by atoms with E-state index < -0.39 is 0 Å². The van der Waals surface area contributed by atoms with Crippen LogP contribution in [-0.2, 0) is 0 Å². The monoisotopic (exact) mass is 229 g/mol. The summed E-state index contributed by atoms with van der Waals surface area (Å²) in [6.07, 6.45) is 3.29. The van der Waals surface area contributed by atoms with Crippen molar-refractivity contribution in [3.63, 3.8) is 0 Å². The average Bonchev–Trinajstić information content (AvgIpc) is 2.33. The summed E-state index contributed by atoms with van der Waals surface area (Å²) in [5.74, 6) is 0.00745. The Bertz CT molecular complexity index is 385. The maximum atomic E-state index is 9.49. The van der Waals surface area contributed by atoms with Gasteiger partial charge in [0.15, 0.2) is 0 Å². The lowest BCUT2D eigenvalue weighted by Crippen LogP contribution is -2.24. The fourth-order valence-electron chi connectivity index (χ4n) is 2.49. The quantitative estimate of drug-likeness (QED) is 0.710. The number of rotatable bonds is 5. The predicted octanol–water partition coefficient (Wildman–Crippen LogP) is 4.82. The number of nitriles is 1. The molecular formula is C16H23N. The molecular weight excluding hydrogens is 206 g/mol. The molecule has 0 aliphatic rings. The van der Waals surface area contributed by atoms with Crippen LogP contribution in [0.5, 0.6) is 0 Å². The molecule has 0 aromatic heterocycles. The van der Waals surface area contributed by atoms with Gasteiger partial charge in [0, 0.05) is 0 Å². The van der Waals surface area contributed by atoms with Gasteiger partial charge in [-0.15, -0.1) is 0 Å². The van der Waals surface area contributed by atoms with Gasteiger partial charge in [0.2, 0.25) is 0 Å². The third-order valence-corrected chi connectivity index (χ3v) is 3.87. The Morgan fingerprint density at radius 1 is 1.24 bits per heavy atom. The van der Waals surface area contributed by atoms with Gasteiger partial charge < -0.3 is 0 Å². The summed E-state index contributed by atoms with van der Waals surface area (Å²) in [6.45, 7) is 8.70. The van der Waals surface area contributed by atoms with E-state index in [9.17, 15) is 5.26 Å². The van der Waals surface area contributed by atoms with Gasteiger partial charge in [0.25, 0.3) is 0 Å². The standard InChI is InChI=1S/C16H23N/c1-5-11-16(4,6-2)15(12-17)14-9-7-13(3)8-10-14/h7-10,15H,5-6,11H2,1-4H3. The second kappa shape index (κ2) is 5.87. The summed E-state index contributed by atoms with van der Waals surface area (Å²) in [5, 5.41) is 9.49. The molecule has 0 heterocycles. The zero-order valence-corrected chi connectivity index (χ0v) is 11.5. The zero-order valence-electron chi connectivity index (χ0n) is 11.5. The fraction of sp³-hybridized carbons (Fsp3) is 0.562. The van der Waals surface area contributed by atoms with Crippen molar-refractivity contribution in [1.82, 2.24) is 0 Å². The topological polar surface area (TPSA) is 23.8 Å². The van der Waals surface area contributed by atoms with Gasteiger partial charge in [0.05, 0.1) is 12.0 Å². The van der Waals surface area contributed by atoms with E-state index in [1.807, 2.05) is 0 Å². The van der Waals surface area contributed by atoms with Crippen LogP contribution in [0.3, 0.4) is 0 Å². The van der Waals surface area contributed by atoms with Gasteiger partial charge >= 0.3 is 0 Å². The highest BCUT2D eigenvalue weighted by Crippen LogP contribution is 2.42. The van der Waals surface area contributed by atoms with E-state index >= 15 is 0 Å². The molecule has 0 spiro atoms. The molecule has 0 bridgehead atoms. The Balaban J connectivity index is 3.06. The summed E-state index contributed by atoms with van der Waals surface area (Å²) in [4.78, 5) is 0. The first-order valence-electron chi connectivity index (χ1n) is 6.53. The Hall–Kier alpha value is -1.29. The van der Waals surface area contributed by atoms with Crippen LogP contribution in [-0.4, -0.2) is 0 Å². The van der Waals surface area contributed by atoms with Gasteiger partial charge in [-0.25, -0.2) is 0 Å². The summed E-state index contributed by atoms with van der Waals surface area (Å²) < 4.78 is 0. The highest BCUT2D eigenvalue weighted by atomic mass is 14.4. The lowest BCUT2D eigenvalue weighted by atomic mass is 9.69. The molecule has 92 valence electrons. The maximum absolute atomic E-state index is 9.49.